The number of halogens is 2. The zero-order chi connectivity index (χ0) is 20.5. The van der Waals surface area contributed by atoms with Gasteiger partial charge in [-0.15, -0.1) is 0 Å². The Morgan fingerprint density at radius 2 is 2.00 bits per heavy atom. The van der Waals surface area contributed by atoms with Gasteiger partial charge in [-0.1, -0.05) is 12.1 Å². The van der Waals surface area contributed by atoms with Crippen LogP contribution in [0.1, 0.15) is 12.2 Å². The molecule has 6 nitrogen and oxygen atoms in total. The van der Waals surface area contributed by atoms with E-state index in [0.717, 1.165) is 29.0 Å². The number of nitrogens with zero attached hydrogens (tertiary/aromatic N) is 3. The minimum absolute atomic E-state index is 0.254. The first-order chi connectivity index (χ1) is 14.0. The van der Waals surface area contributed by atoms with Gasteiger partial charge in [0, 0.05) is 31.4 Å². The molecule has 29 heavy (non-hydrogen) atoms. The zero-order valence-electron chi connectivity index (χ0n) is 15.9. The smallest absolute Gasteiger partial charge is 0.239 e. The predicted molar refractivity (Wildman–Crippen MR) is 104 cm³/mol. The van der Waals surface area contributed by atoms with E-state index in [-0.39, 0.29) is 18.1 Å². The van der Waals surface area contributed by atoms with Crippen molar-refractivity contribution in [1.29, 1.82) is 0 Å². The molecule has 2 heterocycles. The molecule has 2 amide bonds. The summed E-state index contributed by atoms with van der Waals surface area (Å²) in [5.41, 5.74) is 2.13. The second-order valence-electron chi connectivity index (χ2n) is 7.02. The van der Waals surface area contributed by atoms with Crippen LogP contribution in [0.3, 0.4) is 0 Å². The Bertz CT molecular complexity index is 1100. The van der Waals surface area contributed by atoms with Crippen LogP contribution in [0.2, 0.25) is 0 Å². The molecule has 150 valence electrons. The van der Waals surface area contributed by atoms with Gasteiger partial charge in [-0.25, -0.2) is 13.8 Å². The van der Waals surface area contributed by atoms with Crippen LogP contribution in [0.5, 0.6) is 0 Å². The summed E-state index contributed by atoms with van der Waals surface area (Å²) in [6.45, 7) is 3.08. The molecule has 0 radical (unpaired) electrons. The fraction of sp³-hybridized carbons (Fsp3) is 0.286. The normalized spacial score (nSPS) is 16.6. The molecule has 0 spiro atoms. The highest BCUT2D eigenvalue weighted by atomic mass is 19.2. The van der Waals surface area contributed by atoms with Gasteiger partial charge < -0.3 is 14.8 Å². The molecule has 1 aliphatic heterocycles. The summed E-state index contributed by atoms with van der Waals surface area (Å²) in [6.07, 6.45) is 0.330. The van der Waals surface area contributed by atoms with E-state index < -0.39 is 23.5 Å². The van der Waals surface area contributed by atoms with Gasteiger partial charge in [-0.3, -0.25) is 9.59 Å². The second kappa shape index (κ2) is 7.62. The maximum atomic E-state index is 13.5. The number of amides is 2. The van der Waals surface area contributed by atoms with Crippen LogP contribution in [0.15, 0.2) is 42.5 Å². The van der Waals surface area contributed by atoms with Crippen molar-refractivity contribution in [3.05, 3.63) is 59.9 Å². The Morgan fingerprint density at radius 1 is 1.21 bits per heavy atom. The Morgan fingerprint density at radius 3 is 2.79 bits per heavy atom. The number of anilines is 1. The van der Waals surface area contributed by atoms with Crippen molar-refractivity contribution in [2.75, 3.05) is 18.0 Å². The first kappa shape index (κ1) is 19.0. The van der Waals surface area contributed by atoms with E-state index in [4.69, 9.17) is 0 Å². The van der Waals surface area contributed by atoms with Gasteiger partial charge in [0.05, 0.1) is 11.0 Å². The molecule has 1 unspecified atom stereocenters. The van der Waals surface area contributed by atoms with Crippen molar-refractivity contribution >= 4 is 28.5 Å². The Hall–Kier alpha value is -3.29. The fourth-order valence-electron chi connectivity index (χ4n) is 3.72. The topological polar surface area (TPSA) is 67.2 Å². The Balaban J connectivity index is 1.38. The summed E-state index contributed by atoms with van der Waals surface area (Å²) in [4.78, 5) is 30.9. The summed E-state index contributed by atoms with van der Waals surface area (Å²) in [5, 5.41) is 2.81. The molecule has 1 N–H and O–H groups in total. The van der Waals surface area contributed by atoms with Crippen molar-refractivity contribution in [3.8, 4) is 0 Å². The Labute approximate surface area is 166 Å². The van der Waals surface area contributed by atoms with Gasteiger partial charge in [0.1, 0.15) is 11.7 Å². The maximum absolute atomic E-state index is 13.5. The van der Waals surface area contributed by atoms with Crippen LogP contribution in [0, 0.1) is 24.5 Å². The zero-order valence-corrected chi connectivity index (χ0v) is 15.9. The molecule has 0 bridgehead atoms. The quantitative estimate of drug-likeness (QED) is 0.672. The first-order valence-electron chi connectivity index (χ1n) is 9.41. The molecule has 1 fully saturated rings. The third-order valence-corrected chi connectivity index (χ3v) is 5.22. The van der Waals surface area contributed by atoms with E-state index in [2.05, 4.69) is 10.3 Å². The van der Waals surface area contributed by atoms with Crippen LogP contribution in [-0.2, 0) is 16.1 Å². The second-order valence-corrected chi connectivity index (χ2v) is 7.02. The lowest BCUT2D eigenvalue weighted by Crippen LogP contribution is -2.38. The van der Waals surface area contributed by atoms with Crippen LogP contribution >= 0.6 is 0 Å². The maximum Gasteiger partial charge on any atom is 0.239 e. The molecular formula is C21H20F2N4O2. The number of hydrogen-bond acceptors (Lipinski definition) is 3. The van der Waals surface area contributed by atoms with Gasteiger partial charge in [-0.2, -0.15) is 0 Å². The highest BCUT2D eigenvalue weighted by Gasteiger charge is 2.37. The summed E-state index contributed by atoms with van der Waals surface area (Å²) >= 11 is 0. The Kier molecular flexibility index (Phi) is 5.00. The predicted octanol–water partition coefficient (Wildman–Crippen LogP) is 2.79. The summed E-state index contributed by atoms with van der Waals surface area (Å²) in [7, 11) is 0. The van der Waals surface area contributed by atoms with Crippen LogP contribution < -0.4 is 10.2 Å². The van der Waals surface area contributed by atoms with Gasteiger partial charge in [-0.05, 0) is 37.6 Å². The van der Waals surface area contributed by atoms with Gasteiger partial charge in [0.15, 0.2) is 11.6 Å². The number of rotatable bonds is 5. The molecule has 1 aromatic heterocycles. The lowest BCUT2D eigenvalue weighted by atomic mass is 10.1. The fourth-order valence-corrected chi connectivity index (χ4v) is 3.72. The molecular weight excluding hydrogens is 378 g/mol. The minimum atomic E-state index is -1.02. The number of hydrogen-bond donors (Lipinski definition) is 1. The average Bonchev–Trinajstić information content (AvgIpc) is 3.24. The van der Waals surface area contributed by atoms with Crippen molar-refractivity contribution in [2.24, 2.45) is 5.92 Å². The molecule has 0 aliphatic carbocycles. The van der Waals surface area contributed by atoms with Crippen molar-refractivity contribution < 1.29 is 18.4 Å². The van der Waals surface area contributed by atoms with E-state index in [0.29, 0.717) is 19.5 Å². The van der Waals surface area contributed by atoms with E-state index in [1.54, 1.807) is 0 Å². The number of carbonyl (C=O) groups is 2. The lowest BCUT2D eigenvalue weighted by Gasteiger charge is -2.17. The molecule has 8 heteroatoms. The first-order valence-corrected chi connectivity index (χ1v) is 9.41. The molecule has 1 saturated heterocycles. The standard InChI is InChI=1S/C21H20F2N4O2/c1-13-25-18-4-2-3-5-19(18)26(13)11-9-24-20(28)15-8-10-27(21(15)29)14-6-7-16(22)17(23)12-14/h2-7,12,15H,8-11H2,1H3,(H,24,28). The van der Waals surface area contributed by atoms with E-state index in [1.165, 1.54) is 11.0 Å². The van der Waals surface area contributed by atoms with E-state index in [1.807, 2.05) is 35.8 Å². The monoisotopic (exact) mass is 398 g/mol. The molecule has 0 saturated carbocycles. The largest absolute Gasteiger partial charge is 0.354 e. The summed E-state index contributed by atoms with van der Waals surface area (Å²) in [5.74, 6) is -2.74. The van der Waals surface area contributed by atoms with Crippen LogP contribution in [0.4, 0.5) is 14.5 Å². The summed E-state index contributed by atoms with van der Waals surface area (Å²) in [6, 6.07) is 11.0. The number of aryl methyl sites for hydroxylation is 1. The molecule has 3 aromatic rings. The van der Waals surface area contributed by atoms with Crippen LogP contribution in [0.25, 0.3) is 11.0 Å². The lowest BCUT2D eigenvalue weighted by molar-refractivity contribution is -0.132. The third-order valence-electron chi connectivity index (χ3n) is 5.22. The molecule has 4 rings (SSSR count). The van der Waals surface area contributed by atoms with Crippen LogP contribution in [-0.4, -0.2) is 34.5 Å². The third kappa shape index (κ3) is 3.57. The average molecular weight is 398 g/mol. The number of fused-ring (bicyclic) bond motifs is 1. The van der Waals surface area contributed by atoms with E-state index >= 15 is 0 Å². The van der Waals surface area contributed by atoms with Crippen molar-refractivity contribution in [3.63, 3.8) is 0 Å². The van der Waals surface area contributed by atoms with Gasteiger partial charge >= 0.3 is 0 Å². The number of imidazole rings is 1. The van der Waals surface area contributed by atoms with Crippen molar-refractivity contribution in [2.45, 2.75) is 19.9 Å². The molecule has 1 atom stereocenters. The molecule has 2 aromatic carbocycles. The summed E-state index contributed by atoms with van der Waals surface area (Å²) < 4.78 is 28.6. The minimum Gasteiger partial charge on any atom is -0.354 e. The number of para-hydroxylation sites is 2. The van der Waals surface area contributed by atoms with Gasteiger partial charge in [0.25, 0.3) is 0 Å². The highest BCUT2D eigenvalue weighted by Crippen LogP contribution is 2.26. The number of benzene rings is 2. The highest BCUT2D eigenvalue weighted by molar-refractivity contribution is 6.09. The van der Waals surface area contributed by atoms with Crippen molar-refractivity contribution in [1.82, 2.24) is 14.9 Å². The number of nitrogens with one attached hydrogen (secondary N) is 1. The van der Waals surface area contributed by atoms with E-state index in [9.17, 15) is 18.4 Å². The SMILES string of the molecule is Cc1nc2ccccc2n1CCNC(=O)C1CCN(c2ccc(F)c(F)c2)C1=O. The number of aromatic nitrogens is 2. The van der Waals surface area contributed by atoms with Gasteiger partial charge in [0.2, 0.25) is 11.8 Å². The molecule has 1 aliphatic rings. The number of carbonyl (C=O) groups excluding carboxylic acids is 2.